The van der Waals surface area contributed by atoms with Crippen LogP contribution in [0.15, 0.2) is 60.7 Å². The Labute approximate surface area is 182 Å². The molecule has 4 aromatic rings. The van der Waals surface area contributed by atoms with Crippen LogP contribution in [0, 0.1) is 5.92 Å². The molecule has 7 nitrogen and oxygen atoms in total. The van der Waals surface area contributed by atoms with Crippen LogP contribution in [0.3, 0.4) is 0 Å². The van der Waals surface area contributed by atoms with Gasteiger partial charge in [-0.05, 0) is 47.9 Å². The maximum atomic E-state index is 13.1. The zero-order valence-electron chi connectivity index (χ0n) is 16.4. The van der Waals surface area contributed by atoms with Crippen molar-refractivity contribution in [3.05, 3.63) is 71.2 Å². The highest BCUT2D eigenvalue weighted by Gasteiger charge is 2.30. The second kappa shape index (κ2) is 7.85. The lowest BCUT2D eigenvalue weighted by Crippen LogP contribution is -2.19. The van der Waals surface area contributed by atoms with Crippen molar-refractivity contribution in [3.63, 3.8) is 0 Å². The fourth-order valence-electron chi connectivity index (χ4n) is 3.37. The lowest BCUT2D eigenvalue weighted by atomic mass is 10.0. The fraction of sp³-hybridized carbons (Fsp3) is 0.130. The Morgan fingerprint density at radius 2 is 1.68 bits per heavy atom. The van der Waals surface area contributed by atoms with Crippen molar-refractivity contribution in [1.29, 1.82) is 0 Å². The number of hydrogen-bond donors (Lipinski definition) is 3. The van der Waals surface area contributed by atoms with Crippen LogP contribution in [0.2, 0.25) is 5.02 Å². The molecule has 0 bridgehead atoms. The van der Waals surface area contributed by atoms with E-state index in [1.54, 1.807) is 12.1 Å². The van der Waals surface area contributed by atoms with Crippen molar-refractivity contribution >= 4 is 45.8 Å². The normalized spacial score (nSPS) is 13.2. The van der Waals surface area contributed by atoms with E-state index >= 15 is 0 Å². The minimum absolute atomic E-state index is 0.0218. The lowest BCUT2D eigenvalue weighted by molar-refractivity contribution is -0.117. The van der Waals surface area contributed by atoms with Crippen molar-refractivity contribution in [3.8, 4) is 11.4 Å². The molecule has 154 valence electrons. The predicted molar refractivity (Wildman–Crippen MR) is 120 cm³/mol. The molecular weight excluding hydrogens is 414 g/mol. The Kier molecular flexibility index (Phi) is 4.88. The van der Waals surface area contributed by atoms with Gasteiger partial charge < -0.3 is 5.32 Å². The summed E-state index contributed by atoms with van der Waals surface area (Å²) in [6, 6.07) is 18.5. The van der Waals surface area contributed by atoms with E-state index < -0.39 is 5.91 Å². The number of nitrogens with zero attached hydrogens (tertiary/aromatic N) is 2. The first-order chi connectivity index (χ1) is 15.1. The number of benzene rings is 3. The molecule has 0 atom stereocenters. The van der Waals surface area contributed by atoms with Gasteiger partial charge in [-0.1, -0.05) is 48.0 Å². The first-order valence-electron chi connectivity index (χ1n) is 9.91. The number of hydrogen-bond acceptors (Lipinski definition) is 4. The minimum Gasteiger partial charge on any atom is -0.325 e. The van der Waals surface area contributed by atoms with Gasteiger partial charge in [0, 0.05) is 11.5 Å². The number of amides is 2. The molecule has 0 saturated heterocycles. The molecule has 0 unspecified atom stereocenters. The monoisotopic (exact) mass is 431 g/mol. The number of anilines is 2. The van der Waals surface area contributed by atoms with Crippen LogP contribution in [-0.2, 0) is 4.79 Å². The summed E-state index contributed by atoms with van der Waals surface area (Å²) in [5.74, 6) is 0.104. The number of aromatic amines is 1. The number of carbonyl (C=O) groups is 2. The van der Waals surface area contributed by atoms with Gasteiger partial charge in [0.2, 0.25) is 11.9 Å². The second-order valence-corrected chi connectivity index (χ2v) is 7.86. The number of carbonyl (C=O) groups excluding carboxylic acids is 2. The van der Waals surface area contributed by atoms with Crippen molar-refractivity contribution in [2.24, 2.45) is 5.92 Å². The number of rotatable bonds is 5. The average molecular weight is 432 g/mol. The molecule has 3 aromatic carbocycles. The molecule has 1 saturated carbocycles. The van der Waals surface area contributed by atoms with E-state index in [-0.39, 0.29) is 17.8 Å². The number of halogens is 1. The smallest absolute Gasteiger partial charge is 0.260 e. The molecule has 1 heterocycles. The lowest BCUT2D eigenvalue weighted by Gasteiger charge is -2.12. The summed E-state index contributed by atoms with van der Waals surface area (Å²) < 4.78 is 0. The SMILES string of the molecule is O=C(Nc1n[nH]c(-c2ccccc2Cl)n1)c1cc2ccccc2cc1NC(=O)C1CC1. The molecule has 1 aliphatic rings. The zero-order chi connectivity index (χ0) is 21.4. The molecule has 0 radical (unpaired) electrons. The first kappa shape index (κ1) is 19.3. The van der Waals surface area contributed by atoms with Crippen LogP contribution in [0.25, 0.3) is 22.2 Å². The Hall–Kier alpha value is -3.71. The van der Waals surface area contributed by atoms with Crippen molar-refractivity contribution in [2.75, 3.05) is 10.6 Å². The van der Waals surface area contributed by atoms with E-state index in [4.69, 9.17) is 11.6 Å². The van der Waals surface area contributed by atoms with Crippen molar-refractivity contribution in [2.45, 2.75) is 12.8 Å². The summed E-state index contributed by atoms with van der Waals surface area (Å²) >= 11 is 6.21. The summed E-state index contributed by atoms with van der Waals surface area (Å²) in [4.78, 5) is 29.8. The Bertz CT molecular complexity index is 1310. The Morgan fingerprint density at radius 1 is 0.968 bits per heavy atom. The molecule has 31 heavy (non-hydrogen) atoms. The largest absolute Gasteiger partial charge is 0.325 e. The molecule has 5 rings (SSSR count). The summed E-state index contributed by atoms with van der Waals surface area (Å²) in [6.45, 7) is 0. The summed E-state index contributed by atoms with van der Waals surface area (Å²) in [7, 11) is 0. The minimum atomic E-state index is -0.415. The molecule has 8 heteroatoms. The zero-order valence-corrected chi connectivity index (χ0v) is 17.1. The summed E-state index contributed by atoms with van der Waals surface area (Å²) in [5, 5.41) is 14.8. The van der Waals surface area contributed by atoms with E-state index in [0.29, 0.717) is 27.7 Å². The molecule has 1 fully saturated rings. The van der Waals surface area contributed by atoms with Gasteiger partial charge in [0.15, 0.2) is 5.82 Å². The number of H-pyrrole nitrogens is 1. The summed E-state index contributed by atoms with van der Waals surface area (Å²) in [5.41, 5.74) is 1.49. The third kappa shape index (κ3) is 4.00. The summed E-state index contributed by atoms with van der Waals surface area (Å²) in [6.07, 6.45) is 1.76. The van der Waals surface area contributed by atoms with E-state index in [2.05, 4.69) is 25.8 Å². The van der Waals surface area contributed by atoms with E-state index in [9.17, 15) is 9.59 Å². The topological polar surface area (TPSA) is 99.8 Å². The van der Waals surface area contributed by atoms with Crippen molar-refractivity contribution < 1.29 is 9.59 Å². The molecule has 0 aliphatic heterocycles. The molecule has 1 aliphatic carbocycles. The van der Waals surface area contributed by atoms with Crippen LogP contribution in [0.4, 0.5) is 11.6 Å². The van der Waals surface area contributed by atoms with E-state index in [1.807, 2.05) is 48.5 Å². The van der Waals surface area contributed by atoms with Gasteiger partial charge in [0.05, 0.1) is 16.3 Å². The molecule has 3 N–H and O–H groups in total. The van der Waals surface area contributed by atoms with Gasteiger partial charge in [0.1, 0.15) is 0 Å². The standard InChI is InChI=1S/C23H18ClN5O2/c24-18-8-4-3-7-16(18)20-26-23(29-28-20)27-22(31)17-11-14-5-1-2-6-15(14)12-19(17)25-21(30)13-9-10-13/h1-8,11-13H,9-10H2,(H,25,30)(H2,26,27,28,29,31). The Balaban J connectivity index is 1.45. The molecule has 1 aromatic heterocycles. The second-order valence-electron chi connectivity index (χ2n) is 7.45. The number of fused-ring (bicyclic) bond motifs is 1. The van der Waals surface area contributed by atoms with E-state index in [0.717, 1.165) is 23.6 Å². The van der Waals surface area contributed by atoms with Crippen LogP contribution < -0.4 is 10.6 Å². The van der Waals surface area contributed by atoms with Gasteiger partial charge in [-0.2, -0.15) is 4.98 Å². The van der Waals surface area contributed by atoms with Crippen LogP contribution >= 0.6 is 11.6 Å². The highest BCUT2D eigenvalue weighted by atomic mass is 35.5. The number of nitrogens with one attached hydrogen (secondary N) is 3. The molecular formula is C23H18ClN5O2. The van der Waals surface area contributed by atoms with E-state index in [1.165, 1.54) is 0 Å². The predicted octanol–water partition coefficient (Wildman–Crippen LogP) is 4.88. The van der Waals surface area contributed by atoms with Crippen molar-refractivity contribution in [1.82, 2.24) is 15.2 Å². The average Bonchev–Trinajstić information content (AvgIpc) is 3.53. The van der Waals surface area contributed by atoms with Gasteiger partial charge in [-0.3, -0.25) is 20.0 Å². The highest BCUT2D eigenvalue weighted by Crippen LogP contribution is 2.32. The number of aromatic nitrogens is 3. The van der Waals surface area contributed by atoms with Crippen LogP contribution in [0.5, 0.6) is 0 Å². The Morgan fingerprint density at radius 3 is 2.42 bits per heavy atom. The van der Waals surface area contributed by atoms with Gasteiger partial charge in [0.25, 0.3) is 5.91 Å². The van der Waals surface area contributed by atoms with Crippen LogP contribution in [0.1, 0.15) is 23.2 Å². The van der Waals surface area contributed by atoms with Gasteiger partial charge >= 0.3 is 0 Å². The molecule has 2 amide bonds. The quantitative estimate of drug-likeness (QED) is 0.419. The third-order valence-corrected chi connectivity index (χ3v) is 5.51. The van der Waals surface area contributed by atoms with Gasteiger partial charge in [-0.25, -0.2) is 0 Å². The maximum Gasteiger partial charge on any atom is 0.260 e. The fourth-order valence-corrected chi connectivity index (χ4v) is 3.60. The van der Waals surface area contributed by atoms with Crippen LogP contribution in [-0.4, -0.2) is 27.0 Å². The third-order valence-electron chi connectivity index (χ3n) is 5.18. The first-order valence-corrected chi connectivity index (χ1v) is 10.3. The van der Waals surface area contributed by atoms with Gasteiger partial charge in [-0.15, -0.1) is 5.10 Å². The maximum absolute atomic E-state index is 13.1. The highest BCUT2D eigenvalue weighted by molar-refractivity contribution is 6.33. The molecule has 0 spiro atoms.